The fraction of sp³-hybridized carbons (Fsp3) is 0.214. The Morgan fingerprint density at radius 1 is 1.30 bits per heavy atom. The number of methoxy groups -OCH3 is 2. The number of ether oxygens (including phenoxy) is 2. The largest absolute Gasteiger partial charge is 0.494 e. The van der Waals surface area contributed by atoms with E-state index in [4.69, 9.17) is 9.15 Å². The van der Waals surface area contributed by atoms with Gasteiger partial charge in [0.15, 0.2) is 11.6 Å². The molecule has 1 unspecified atom stereocenters. The first-order valence-corrected chi connectivity index (χ1v) is 5.76. The van der Waals surface area contributed by atoms with E-state index in [0.717, 1.165) is 6.07 Å². The Balaban J connectivity index is 2.26. The van der Waals surface area contributed by atoms with E-state index in [1.165, 1.54) is 38.5 Å². The molecule has 0 spiro atoms. The number of halogens is 1. The van der Waals surface area contributed by atoms with Gasteiger partial charge in [0.05, 0.1) is 14.2 Å². The monoisotopic (exact) mass is 280 g/mol. The first-order valence-electron chi connectivity index (χ1n) is 5.76. The SMILES string of the molecule is COC(=O)c1ccc(C(O)c2ccc(OC)c(F)c2)o1. The van der Waals surface area contributed by atoms with Gasteiger partial charge >= 0.3 is 5.97 Å². The van der Waals surface area contributed by atoms with Gasteiger partial charge < -0.3 is 19.0 Å². The number of carbonyl (C=O) groups excluding carboxylic acids is 1. The summed E-state index contributed by atoms with van der Waals surface area (Å²) in [4.78, 5) is 11.2. The van der Waals surface area contributed by atoms with Crippen LogP contribution >= 0.6 is 0 Å². The van der Waals surface area contributed by atoms with E-state index < -0.39 is 17.9 Å². The summed E-state index contributed by atoms with van der Waals surface area (Å²) < 4.78 is 28.0. The van der Waals surface area contributed by atoms with Crippen LogP contribution in [0.3, 0.4) is 0 Å². The minimum absolute atomic E-state index is 0.0319. The molecule has 1 N–H and O–H groups in total. The molecule has 106 valence electrons. The topological polar surface area (TPSA) is 68.9 Å². The Morgan fingerprint density at radius 3 is 2.65 bits per heavy atom. The van der Waals surface area contributed by atoms with Crippen molar-refractivity contribution >= 4 is 5.97 Å². The Labute approximate surface area is 114 Å². The van der Waals surface area contributed by atoms with Crippen LogP contribution in [-0.4, -0.2) is 25.3 Å². The van der Waals surface area contributed by atoms with Gasteiger partial charge in [-0.15, -0.1) is 0 Å². The number of aliphatic hydroxyl groups excluding tert-OH is 1. The highest BCUT2D eigenvalue weighted by Gasteiger charge is 2.19. The zero-order valence-electron chi connectivity index (χ0n) is 10.9. The molecular formula is C14H13FO5. The lowest BCUT2D eigenvalue weighted by atomic mass is 10.1. The number of esters is 1. The lowest BCUT2D eigenvalue weighted by molar-refractivity contribution is 0.0558. The Hall–Kier alpha value is -2.34. The van der Waals surface area contributed by atoms with Gasteiger partial charge in [-0.25, -0.2) is 9.18 Å². The van der Waals surface area contributed by atoms with Crippen molar-refractivity contribution in [1.82, 2.24) is 0 Å². The van der Waals surface area contributed by atoms with Gasteiger partial charge in [0, 0.05) is 0 Å². The van der Waals surface area contributed by atoms with E-state index in [1.54, 1.807) is 0 Å². The Morgan fingerprint density at radius 2 is 2.05 bits per heavy atom. The summed E-state index contributed by atoms with van der Waals surface area (Å²) in [6.45, 7) is 0. The number of hydrogen-bond acceptors (Lipinski definition) is 5. The number of carbonyl (C=O) groups is 1. The molecule has 1 aromatic heterocycles. The van der Waals surface area contributed by atoms with Crippen LogP contribution in [0.2, 0.25) is 0 Å². The van der Waals surface area contributed by atoms with E-state index in [0.29, 0.717) is 0 Å². The third-order valence-corrected chi connectivity index (χ3v) is 2.77. The summed E-state index contributed by atoms with van der Waals surface area (Å²) in [7, 11) is 2.57. The maximum Gasteiger partial charge on any atom is 0.373 e. The molecule has 20 heavy (non-hydrogen) atoms. The van der Waals surface area contributed by atoms with Crippen LogP contribution in [0.15, 0.2) is 34.7 Å². The molecule has 0 aliphatic carbocycles. The smallest absolute Gasteiger partial charge is 0.373 e. The standard InChI is InChI=1S/C14H13FO5/c1-18-10-4-3-8(7-9(10)15)13(16)11-5-6-12(20-11)14(17)19-2/h3-7,13,16H,1-2H3. The van der Waals surface area contributed by atoms with Crippen molar-refractivity contribution in [1.29, 1.82) is 0 Å². The summed E-state index contributed by atoms with van der Waals surface area (Å²) in [5.41, 5.74) is 0.286. The number of benzene rings is 1. The van der Waals surface area contributed by atoms with E-state index in [1.807, 2.05) is 0 Å². The highest BCUT2D eigenvalue weighted by atomic mass is 19.1. The maximum absolute atomic E-state index is 13.6. The summed E-state index contributed by atoms with van der Waals surface area (Å²) in [6.07, 6.45) is -1.19. The van der Waals surface area contributed by atoms with Crippen molar-refractivity contribution < 1.29 is 28.2 Å². The second-order valence-electron chi connectivity index (χ2n) is 3.99. The fourth-order valence-electron chi connectivity index (χ4n) is 1.73. The highest BCUT2D eigenvalue weighted by Crippen LogP contribution is 2.27. The quantitative estimate of drug-likeness (QED) is 0.870. The van der Waals surface area contributed by atoms with Crippen LogP contribution in [0.5, 0.6) is 5.75 Å². The van der Waals surface area contributed by atoms with Gasteiger partial charge in [-0.1, -0.05) is 6.07 Å². The van der Waals surface area contributed by atoms with Crippen LogP contribution in [0.25, 0.3) is 0 Å². The summed E-state index contributed by atoms with van der Waals surface area (Å²) in [6, 6.07) is 6.86. The molecule has 5 nitrogen and oxygen atoms in total. The summed E-state index contributed by atoms with van der Waals surface area (Å²) >= 11 is 0. The molecule has 2 rings (SSSR count). The van der Waals surface area contributed by atoms with Gasteiger partial charge in [0.2, 0.25) is 5.76 Å². The van der Waals surface area contributed by atoms with E-state index in [9.17, 15) is 14.3 Å². The average molecular weight is 280 g/mol. The van der Waals surface area contributed by atoms with Crippen molar-refractivity contribution in [3.8, 4) is 5.75 Å². The molecule has 0 radical (unpaired) electrons. The zero-order valence-corrected chi connectivity index (χ0v) is 10.9. The van der Waals surface area contributed by atoms with Crippen LogP contribution < -0.4 is 4.74 Å². The first-order chi connectivity index (χ1) is 9.56. The zero-order chi connectivity index (χ0) is 14.7. The highest BCUT2D eigenvalue weighted by molar-refractivity contribution is 5.86. The number of hydrogen-bond donors (Lipinski definition) is 1. The number of rotatable bonds is 4. The predicted molar refractivity (Wildman–Crippen MR) is 67.1 cm³/mol. The first kappa shape index (κ1) is 14.1. The molecule has 0 amide bonds. The molecule has 0 aliphatic heterocycles. The van der Waals surface area contributed by atoms with Crippen LogP contribution in [0, 0.1) is 5.82 Å². The van der Waals surface area contributed by atoms with Crippen molar-refractivity contribution in [2.45, 2.75) is 6.10 Å². The molecule has 1 atom stereocenters. The second kappa shape index (κ2) is 5.75. The maximum atomic E-state index is 13.6. The van der Waals surface area contributed by atoms with Gasteiger partial charge in [-0.2, -0.15) is 0 Å². The number of furan rings is 1. The molecule has 0 saturated carbocycles. The van der Waals surface area contributed by atoms with Crippen molar-refractivity contribution in [2.24, 2.45) is 0 Å². The van der Waals surface area contributed by atoms with Crippen LogP contribution in [0.1, 0.15) is 28.0 Å². The van der Waals surface area contributed by atoms with Gasteiger partial charge in [0.1, 0.15) is 11.9 Å². The molecular weight excluding hydrogens is 267 g/mol. The molecule has 0 fully saturated rings. The molecule has 6 heteroatoms. The van der Waals surface area contributed by atoms with E-state index in [2.05, 4.69) is 4.74 Å². The third-order valence-electron chi connectivity index (χ3n) is 2.77. The van der Waals surface area contributed by atoms with Crippen molar-refractivity contribution in [2.75, 3.05) is 14.2 Å². The average Bonchev–Trinajstić information content (AvgIpc) is 2.95. The van der Waals surface area contributed by atoms with Crippen LogP contribution in [0.4, 0.5) is 4.39 Å². The van der Waals surface area contributed by atoms with Gasteiger partial charge in [0.25, 0.3) is 0 Å². The predicted octanol–water partition coefficient (Wildman–Crippen LogP) is 2.30. The minimum atomic E-state index is -1.19. The van der Waals surface area contributed by atoms with Gasteiger partial charge in [-0.05, 0) is 29.8 Å². The third kappa shape index (κ3) is 2.65. The van der Waals surface area contributed by atoms with Crippen LogP contribution in [-0.2, 0) is 4.74 Å². The Kier molecular flexibility index (Phi) is 4.05. The van der Waals surface area contributed by atoms with E-state index >= 15 is 0 Å². The second-order valence-corrected chi connectivity index (χ2v) is 3.99. The van der Waals surface area contributed by atoms with Gasteiger partial charge in [-0.3, -0.25) is 0 Å². The lowest BCUT2D eigenvalue weighted by Gasteiger charge is -2.09. The van der Waals surface area contributed by atoms with E-state index in [-0.39, 0.29) is 22.8 Å². The fourth-order valence-corrected chi connectivity index (χ4v) is 1.73. The van der Waals surface area contributed by atoms with Crippen molar-refractivity contribution in [3.63, 3.8) is 0 Å². The molecule has 1 aromatic carbocycles. The number of aliphatic hydroxyl groups is 1. The molecule has 0 aliphatic rings. The summed E-state index contributed by atoms with van der Waals surface area (Å²) in [5.74, 6) is -1.07. The van der Waals surface area contributed by atoms with Crippen molar-refractivity contribution in [3.05, 3.63) is 53.2 Å². The molecule has 0 saturated heterocycles. The Bertz CT molecular complexity index is 620. The lowest BCUT2D eigenvalue weighted by Crippen LogP contribution is -2.01. The molecule has 2 aromatic rings. The minimum Gasteiger partial charge on any atom is -0.494 e. The summed E-state index contributed by atoms with van der Waals surface area (Å²) in [5, 5.41) is 10.1. The molecule has 0 bridgehead atoms. The normalized spacial score (nSPS) is 12.0. The molecule has 1 heterocycles.